The molecule has 1 aromatic carbocycles. The predicted octanol–water partition coefficient (Wildman–Crippen LogP) is 2.65. The molecule has 0 saturated heterocycles. The number of nitrogens with one attached hydrogen (secondary N) is 1. The van der Waals surface area contributed by atoms with E-state index in [1.54, 1.807) is 0 Å². The van der Waals surface area contributed by atoms with Crippen LogP contribution in [0.1, 0.15) is 21.5 Å². The Bertz CT molecular complexity index is 775. The Morgan fingerprint density at radius 3 is 2.43 bits per heavy atom. The van der Waals surface area contributed by atoms with Crippen LogP contribution >= 0.6 is 0 Å². The molecular weight excluding hydrogens is 311 g/mol. The number of imide groups is 1. The second kappa shape index (κ2) is 5.38. The topological polar surface area (TPSA) is 62.3 Å². The minimum Gasteiger partial charge on any atom is -0.288 e. The zero-order valence-electron chi connectivity index (χ0n) is 11.6. The van der Waals surface area contributed by atoms with Crippen molar-refractivity contribution in [1.82, 2.24) is 9.99 Å². The summed E-state index contributed by atoms with van der Waals surface area (Å²) in [5, 5.41) is 0.720. The number of rotatable bonds is 2. The fourth-order valence-electron chi connectivity index (χ4n) is 2.25. The minimum atomic E-state index is -4.56. The minimum absolute atomic E-state index is 0.138. The van der Waals surface area contributed by atoms with Crippen molar-refractivity contribution < 1.29 is 22.8 Å². The van der Waals surface area contributed by atoms with Crippen molar-refractivity contribution in [2.45, 2.75) is 12.6 Å². The maximum atomic E-state index is 12.8. The number of carbonyl (C=O) groups excluding carboxylic acids is 2. The second-order valence-electron chi connectivity index (χ2n) is 4.93. The molecule has 0 fully saturated rings. The quantitative estimate of drug-likeness (QED) is 0.864. The summed E-state index contributed by atoms with van der Waals surface area (Å²) >= 11 is 0. The molecule has 0 bridgehead atoms. The number of carbonyl (C=O) groups is 2. The van der Waals surface area contributed by atoms with E-state index in [2.05, 4.69) is 10.4 Å². The van der Waals surface area contributed by atoms with Crippen LogP contribution in [0, 0.1) is 0 Å². The van der Waals surface area contributed by atoms with Crippen LogP contribution in [0.3, 0.4) is 0 Å². The number of hydrogen-bond donors (Lipinski definition) is 1. The van der Waals surface area contributed by atoms with Crippen molar-refractivity contribution in [2.75, 3.05) is 5.43 Å². The third-order valence-corrected chi connectivity index (χ3v) is 3.38. The Morgan fingerprint density at radius 1 is 1.09 bits per heavy atom. The van der Waals surface area contributed by atoms with E-state index >= 15 is 0 Å². The van der Waals surface area contributed by atoms with Gasteiger partial charge in [-0.1, -0.05) is 6.07 Å². The van der Waals surface area contributed by atoms with Gasteiger partial charge in [-0.05, 0) is 29.8 Å². The summed E-state index contributed by atoms with van der Waals surface area (Å²) in [6, 6.07) is 5.86. The summed E-state index contributed by atoms with van der Waals surface area (Å²) in [7, 11) is 0. The maximum absolute atomic E-state index is 12.8. The summed E-state index contributed by atoms with van der Waals surface area (Å²) in [6.45, 7) is 0. The Hall–Kier alpha value is -2.90. The highest BCUT2D eigenvalue weighted by molar-refractivity contribution is 6.10. The summed E-state index contributed by atoms with van der Waals surface area (Å²) in [5.41, 5.74) is 2.23. The summed E-state index contributed by atoms with van der Waals surface area (Å²) in [5.74, 6) is -1.36. The fraction of sp³-hybridized carbons (Fsp3) is 0.133. The summed E-state index contributed by atoms with van der Waals surface area (Å²) < 4.78 is 38.4. The van der Waals surface area contributed by atoms with E-state index in [1.165, 1.54) is 24.5 Å². The SMILES string of the molecule is O=C1Cc2ccc(C(F)(F)F)cc2C(=O)N1Nc1ccncc1. The van der Waals surface area contributed by atoms with Crippen LogP contribution in [0.4, 0.5) is 18.9 Å². The standard InChI is InChI=1S/C15H10F3N3O2/c16-15(17,18)10-2-1-9-7-13(22)21(14(23)12(9)8-10)20-11-3-5-19-6-4-11/h1-6,8H,7H2,(H,19,20). The molecule has 118 valence electrons. The number of halogens is 3. The molecular formula is C15H10F3N3O2. The van der Waals surface area contributed by atoms with E-state index < -0.39 is 23.6 Å². The molecule has 3 rings (SSSR count). The van der Waals surface area contributed by atoms with Crippen molar-refractivity contribution in [2.24, 2.45) is 0 Å². The van der Waals surface area contributed by atoms with Crippen molar-refractivity contribution in [3.63, 3.8) is 0 Å². The smallest absolute Gasteiger partial charge is 0.288 e. The molecule has 1 aliphatic heterocycles. The van der Waals surface area contributed by atoms with Gasteiger partial charge in [-0.2, -0.15) is 18.2 Å². The molecule has 0 unspecified atom stereocenters. The lowest BCUT2D eigenvalue weighted by atomic mass is 9.97. The molecule has 2 amide bonds. The summed E-state index contributed by atoms with van der Waals surface area (Å²) in [4.78, 5) is 28.2. The lowest BCUT2D eigenvalue weighted by molar-refractivity contribution is -0.137. The molecule has 0 aliphatic carbocycles. The third-order valence-electron chi connectivity index (χ3n) is 3.38. The van der Waals surface area contributed by atoms with Gasteiger partial charge in [0.2, 0.25) is 0 Å². The highest BCUT2D eigenvalue weighted by Crippen LogP contribution is 2.32. The third kappa shape index (κ3) is 2.87. The van der Waals surface area contributed by atoms with Gasteiger partial charge in [0.25, 0.3) is 11.8 Å². The number of amides is 2. The molecule has 2 heterocycles. The number of alkyl halides is 3. The number of pyridine rings is 1. The molecule has 23 heavy (non-hydrogen) atoms. The fourth-order valence-corrected chi connectivity index (χ4v) is 2.25. The van der Waals surface area contributed by atoms with E-state index in [0.717, 1.165) is 23.2 Å². The number of aromatic nitrogens is 1. The van der Waals surface area contributed by atoms with Crippen LogP contribution in [0.2, 0.25) is 0 Å². The van der Waals surface area contributed by atoms with Gasteiger partial charge in [0, 0.05) is 18.0 Å². The van der Waals surface area contributed by atoms with Gasteiger partial charge >= 0.3 is 6.18 Å². The highest BCUT2D eigenvalue weighted by Gasteiger charge is 2.36. The number of fused-ring (bicyclic) bond motifs is 1. The second-order valence-corrected chi connectivity index (χ2v) is 4.93. The largest absolute Gasteiger partial charge is 0.416 e. The van der Waals surface area contributed by atoms with E-state index in [1.807, 2.05) is 0 Å². The van der Waals surface area contributed by atoms with E-state index in [9.17, 15) is 22.8 Å². The predicted molar refractivity (Wildman–Crippen MR) is 74.2 cm³/mol. The molecule has 2 aromatic rings. The molecule has 0 saturated carbocycles. The molecule has 0 atom stereocenters. The first-order valence-corrected chi connectivity index (χ1v) is 6.60. The number of hydrogen-bond acceptors (Lipinski definition) is 4. The molecule has 8 heteroatoms. The maximum Gasteiger partial charge on any atom is 0.416 e. The Labute approximate surface area is 128 Å². The first-order chi connectivity index (χ1) is 10.9. The van der Waals surface area contributed by atoms with Crippen molar-refractivity contribution >= 4 is 17.5 Å². The van der Waals surface area contributed by atoms with E-state index in [4.69, 9.17) is 0 Å². The lowest BCUT2D eigenvalue weighted by Crippen LogP contribution is -2.46. The zero-order valence-corrected chi connectivity index (χ0v) is 11.6. The molecule has 0 radical (unpaired) electrons. The van der Waals surface area contributed by atoms with Crippen LogP contribution in [-0.4, -0.2) is 21.8 Å². The Morgan fingerprint density at radius 2 is 1.78 bits per heavy atom. The average molecular weight is 321 g/mol. The van der Waals surface area contributed by atoms with Gasteiger partial charge in [-0.15, -0.1) is 0 Å². The number of hydrazine groups is 1. The number of nitrogens with zero attached hydrogens (tertiary/aromatic N) is 2. The van der Waals surface area contributed by atoms with Crippen molar-refractivity contribution in [3.8, 4) is 0 Å². The van der Waals surface area contributed by atoms with E-state index in [-0.39, 0.29) is 17.5 Å². The first kappa shape index (κ1) is 15.0. The zero-order chi connectivity index (χ0) is 16.6. The Balaban J connectivity index is 1.95. The van der Waals surface area contributed by atoms with E-state index in [0.29, 0.717) is 5.69 Å². The van der Waals surface area contributed by atoms with Crippen LogP contribution in [0.15, 0.2) is 42.7 Å². The van der Waals surface area contributed by atoms with Crippen LogP contribution in [0.5, 0.6) is 0 Å². The van der Waals surface area contributed by atoms with Crippen LogP contribution in [-0.2, 0) is 17.4 Å². The van der Waals surface area contributed by atoms with Crippen LogP contribution in [0.25, 0.3) is 0 Å². The molecule has 1 aliphatic rings. The molecule has 1 N–H and O–H groups in total. The number of anilines is 1. The van der Waals surface area contributed by atoms with Gasteiger partial charge in [-0.3, -0.25) is 20.0 Å². The van der Waals surface area contributed by atoms with Crippen molar-refractivity contribution in [1.29, 1.82) is 0 Å². The Kier molecular flexibility index (Phi) is 3.51. The van der Waals surface area contributed by atoms with Gasteiger partial charge < -0.3 is 0 Å². The lowest BCUT2D eigenvalue weighted by Gasteiger charge is -2.28. The number of benzene rings is 1. The van der Waals surface area contributed by atoms with Crippen LogP contribution < -0.4 is 5.43 Å². The molecule has 0 spiro atoms. The van der Waals surface area contributed by atoms with Crippen molar-refractivity contribution in [3.05, 3.63) is 59.4 Å². The molecule has 5 nitrogen and oxygen atoms in total. The van der Waals surface area contributed by atoms with Gasteiger partial charge in [0.15, 0.2) is 0 Å². The normalized spacial score (nSPS) is 14.7. The van der Waals surface area contributed by atoms with Gasteiger partial charge in [0.1, 0.15) is 0 Å². The monoisotopic (exact) mass is 321 g/mol. The highest BCUT2D eigenvalue weighted by atomic mass is 19.4. The molecule has 1 aromatic heterocycles. The van der Waals surface area contributed by atoms with Gasteiger partial charge in [-0.25, -0.2) is 0 Å². The average Bonchev–Trinajstić information content (AvgIpc) is 2.51. The first-order valence-electron chi connectivity index (χ1n) is 6.60. The van der Waals surface area contributed by atoms with Gasteiger partial charge in [0.05, 0.1) is 17.7 Å². The summed E-state index contributed by atoms with van der Waals surface area (Å²) in [6.07, 6.45) is -1.80.